The molecule has 138 valence electrons. The summed E-state index contributed by atoms with van der Waals surface area (Å²) in [5.41, 5.74) is 2.87. The van der Waals surface area contributed by atoms with E-state index in [-0.39, 0.29) is 24.1 Å². The van der Waals surface area contributed by atoms with Crippen LogP contribution < -0.4 is 10.6 Å². The van der Waals surface area contributed by atoms with Crippen LogP contribution in [0.1, 0.15) is 40.7 Å². The van der Waals surface area contributed by atoms with Gasteiger partial charge in [-0.15, -0.1) is 0 Å². The van der Waals surface area contributed by atoms with Crippen LogP contribution in [0.25, 0.3) is 0 Å². The van der Waals surface area contributed by atoms with E-state index in [0.29, 0.717) is 24.6 Å². The minimum atomic E-state index is -0.555. The number of carbonyl (C=O) groups is 3. The smallest absolute Gasteiger partial charge is 0.255 e. The van der Waals surface area contributed by atoms with Crippen LogP contribution in [0.3, 0.4) is 0 Å². The van der Waals surface area contributed by atoms with Crippen LogP contribution >= 0.6 is 0 Å². The van der Waals surface area contributed by atoms with Crippen molar-refractivity contribution in [1.82, 2.24) is 20.4 Å². The second-order valence-electron chi connectivity index (χ2n) is 7.35. The number of likely N-dealkylation sites (tertiary alicyclic amines) is 1. The number of imide groups is 1. The number of benzene rings is 1. The lowest BCUT2D eigenvalue weighted by molar-refractivity contribution is -0.136. The van der Waals surface area contributed by atoms with E-state index in [2.05, 4.69) is 21.6 Å². The van der Waals surface area contributed by atoms with Crippen molar-refractivity contribution in [2.24, 2.45) is 0 Å². The molecule has 3 aliphatic heterocycles. The van der Waals surface area contributed by atoms with Gasteiger partial charge in [-0.3, -0.25) is 24.6 Å². The molecule has 3 heterocycles. The van der Waals surface area contributed by atoms with Crippen molar-refractivity contribution in [1.29, 1.82) is 0 Å². The highest BCUT2D eigenvalue weighted by Crippen LogP contribution is 2.30. The number of hydrogen-bond donors (Lipinski definition) is 2. The zero-order chi connectivity index (χ0) is 18.3. The Kier molecular flexibility index (Phi) is 4.50. The van der Waals surface area contributed by atoms with E-state index in [1.165, 1.54) is 0 Å². The van der Waals surface area contributed by atoms with Crippen LogP contribution in [0.2, 0.25) is 0 Å². The van der Waals surface area contributed by atoms with E-state index in [0.717, 1.165) is 37.2 Å². The van der Waals surface area contributed by atoms with Crippen molar-refractivity contribution in [2.75, 3.05) is 20.1 Å². The van der Waals surface area contributed by atoms with E-state index in [4.69, 9.17) is 0 Å². The fourth-order valence-electron chi connectivity index (χ4n) is 4.25. The maximum Gasteiger partial charge on any atom is 0.255 e. The topological polar surface area (TPSA) is 81.8 Å². The van der Waals surface area contributed by atoms with Gasteiger partial charge in [0.25, 0.3) is 5.91 Å². The molecular formula is C19H24N4O3. The quantitative estimate of drug-likeness (QED) is 0.756. The van der Waals surface area contributed by atoms with E-state index < -0.39 is 6.04 Å². The molecule has 26 heavy (non-hydrogen) atoms. The molecule has 2 saturated heterocycles. The van der Waals surface area contributed by atoms with E-state index in [1.54, 1.807) is 4.90 Å². The molecule has 0 saturated carbocycles. The Bertz CT molecular complexity index is 763. The first-order valence-corrected chi connectivity index (χ1v) is 9.22. The number of fused-ring (bicyclic) bond motifs is 1. The molecule has 1 aromatic carbocycles. The highest BCUT2D eigenvalue weighted by atomic mass is 16.2. The average molecular weight is 356 g/mol. The first kappa shape index (κ1) is 17.2. The van der Waals surface area contributed by atoms with Crippen molar-refractivity contribution in [2.45, 2.75) is 44.4 Å². The fraction of sp³-hybridized carbons (Fsp3) is 0.526. The van der Waals surface area contributed by atoms with Crippen LogP contribution in [-0.2, 0) is 22.7 Å². The van der Waals surface area contributed by atoms with Gasteiger partial charge in [-0.2, -0.15) is 0 Å². The molecule has 0 aliphatic carbocycles. The predicted octanol–water partition coefficient (Wildman–Crippen LogP) is 0.241. The van der Waals surface area contributed by atoms with Gasteiger partial charge in [0.15, 0.2) is 0 Å². The zero-order valence-corrected chi connectivity index (χ0v) is 15.0. The maximum atomic E-state index is 12.8. The number of nitrogens with one attached hydrogen (secondary N) is 2. The van der Waals surface area contributed by atoms with E-state index >= 15 is 0 Å². The third-order valence-electron chi connectivity index (χ3n) is 5.75. The van der Waals surface area contributed by atoms with Gasteiger partial charge in [0, 0.05) is 44.2 Å². The van der Waals surface area contributed by atoms with Gasteiger partial charge in [0.05, 0.1) is 0 Å². The molecule has 0 spiro atoms. The first-order valence-electron chi connectivity index (χ1n) is 9.22. The molecule has 4 rings (SSSR count). The van der Waals surface area contributed by atoms with Crippen molar-refractivity contribution in [3.8, 4) is 0 Å². The Morgan fingerprint density at radius 1 is 1.23 bits per heavy atom. The number of rotatable bonds is 4. The molecular weight excluding hydrogens is 332 g/mol. The Labute approximate surface area is 152 Å². The summed E-state index contributed by atoms with van der Waals surface area (Å²) in [6, 6.07) is 5.81. The Balaban J connectivity index is 1.53. The standard InChI is InChI=1S/C19H24N4O3/c1-20-13-7-8-22(10-13)9-12-3-2-4-14-15(12)11-23(19(14)26)16-5-6-17(24)21-18(16)25/h2-4,13,16,20H,5-11H2,1H3,(H,21,24,25)/t13-,16?/m1/s1. The number of amides is 3. The van der Waals surface area contributed by atoms with Crippen LogP contribution in [0.5, 0.6) is 0 Å². The minimum absolute atomic E-state index is 0.106. The number of nitrogens with zero attached hydrogens (tertiary/aromatic N) is 2. The van der Waals surface area contributed by atoms with Crippen molar-refractivity contribution in [3.63, 3.8) is 0 Å². The molecule has 0 radical (unpaired) electrons. The molecule has 1 unspecified atom stereocenters. The van der Waals surface area contributed by atoms with Crippen molar-refractivity contribution < 1.29 is 14.4 Å². The average Bonchev–Trinajstić information content (AvgIpc) is 3.21. The summed E-state index contributed by atoms with van der Waals surface area (Å²) in [5, 5.41) is 5.67. The highest BCUT2D eigenvalue weighted by molar-refractivity contribution is 6.05. The summed E-state index contributed by atoms with van der Waals surface area (Å²) < 4.78 is 0. The van der Waals surface area contributed by atoms with Gasteiger partial charge in [0.1, 0.15) is 6.04 Å². The summed E-state index contributed by atoms with van der Waals surface area (Å²) in [4.78, 5) is 40.4. The number of likely N-dealkylation sites (N-methyl/N-ethyl adjacent to an activating group) is 1. The second-order valence-corrected chi connectivity index (χ2v) is 7.35. The molecule has 2 fully saturated rings. The number of hydrogen-bond acceptors (Lipinski definition) is 5. The Morgan fingerprint density at radius 3 is 2.81 bits per heavy atom. The van der Waals surface area contributed by atoms with Gasteiger partial charge in [-0.1, -0.05) is 12.1 Å². The van der Waals surface area contributed by atoms with E-state index in [9.17, 15) is 14.4 Å². The second kappa shape index (κ2) is 6.81. The molecule has 0 aromatic heterocycles. The predicted molar refractivity (Wildman–Crippen MR) is 95.2 cm³/mol. The monoisotopic (exact) mass is 356 g/mol. The van der Waals surface area contributed by atoms with Crippen LogP contribution in [0.4, 0.5) is 0 Å². The lowest BCUT2D eigenvalue weighted by atomic mass is 10.0. The third-order valence-corrected chi connectivity index (χ3v) is 5.75. The third kappa shape index (κ3) is 3.01. The lowest BCUT2D eigenvalue weighted by Gasteiger charge is -2.29. The lowest BCUT2D eigenvalue weighted by Crippen LogP contribution is -2.52. The summed E-state index contributed by atoms with van der Waals surface area (Å²) in [7, 11) is 1.99. The van der Waals surface area contributed by atoms with Crippen LogP contribution in [-0.4, -0.2) is 59.7 Å². The Hall–Kier alpha value is -2.25. The molecule has 1 aromatic rings. The fourth-order valence-corrected chi connectivity index (χ4v) is 4.25. The van der Waals surface area contributed by atoms with Crippen molar-refractivity contribution in [3.05, 3.63) is 34.9 Å². The van der Waals surface area contributed by atoms with Crippen LogP contribution in [0.15, 0.2) is 18.2 Å². The first-order chi connectivity index (χ1) is 12.6. The number of piperidine rings is 1. The van der Waals surface area contributed by atoms with Gasteiger partial charge in [0.2, 0.25) is 11.8 Å². The molecule has 3 amide bonds. The minimum Gasteiger partial charge on any atom is -0.322 e. The van der Waals surface area contributed by atoms with Gasteiger partial charge in [-0.05, 0) is 37.1 Å². The SMILES string of the molecule is CN[C@@H]1CCN(Cc2cccc3c2CN(C2CCC(=O)NC2=O)C3=O)C1. The normalized spacial score (nSPS) is 26.3. The summed E-state index contributed by atoms with van der Waals surface area (Å²) in [6.07, 6.45) is 1.81. The highest BCUT2D eigenvalue weighted by Gasteiger charge is 2.39. The Morgan fingerprint density at radius 2 is 2.08 bits per heavy atom. The van der Waals surface area contributed by atoms with Crippen LogP contribution in [0, 0.1) is 0 Å². The molecule has 2 N–H and O–H groups in total. The van der Waals surface area contributed by atoms with Crippen molar-refractivity contribution >= 4 is 17.7 Å². The zero-order valence-electron chi connectivity index (χ0n) is 15.0. The molecule has 0 bridgehead atoms. The largest absolute Gasteiger partial charge is 0.322 e. The summed E-state index contributed by atoms with van der Waals surface area (Å²) in [5.74, 6) is -0.726. The molecule has 7 heteroatoms. The summed E-state index contributed by atoms with van der Waals surface area (Å²) >= 11 is 0. The molecule has 3 aliphatic rings. The molecule has 2 atom stereocenters. The van der Waals surface area contributed by atoms with Gasteiger partial charge >= 0.3 is 0 Å². The maximum absolute atomic E-state index is 12.8. The van der Waals surface area contributed by atoms with Gasteiger partial charge in [-0.25, -0.2) is 0 Å². The number of carbonyl (C=O) groups excluding carboxylic acids is 3. The molecule has 7 nitrogen and oxygen atoms in total. The van der Waals surface area contributed by atoms with E-state index in [1.807, 2.05) is 19.2 Å². The van der Waals surface area contributed by atoms with Gasteiger partial charge < -0.3 is 10.2 Å². The summed E-state index contributed by atoms with van der Waals surface area (Å²) in [6.45, 7) is 3.31.